The number of hydrogen-bond acceptors (Lipinski definition) is 8. The molecule has 0 amide bonds. The number of aromatic nitrogens is 1. The second kappa shape index (κ2) is 12.6. The summed E-state index contributed by atoms with van der Waals surface area (Å²) in [6, 6.07) is 11.9. The lowest BCUT2D eigenvalue weighted by atomic mass is 9.96. The predicted octanol–water partition coefficient (Wildman–Crippen LogP) is 4.26. The topological polar surface area (TPSA) is 88.4 Å². The molecule has 1 aliphatic heterocycles. The lowest BCUT2D eigenvalue weighted by Gasteiger charge is -2.24. The number of methoxy groups -OCH3 is 1. The van der Waals surface area contributed by atoms with Gasteiger partial charge >= 0.3 is 5.97 Å². The van der Waals surface area contributed by atoms with E-state index in [1.807, 2.05) is 39.0 Å². The average Bonchev–Trinajstić information content (AvgIpc) is 3.19. The molecule has 1 atom stereocenters. The highest BCUT2D eigenvalue weighted by Gasteiger charge is 2.33. The molecule has 2 heterocycles. The summed E-state index contributed by atoms with van der Waals surface area (Å²) in [7, 11) is 1.53. The van der Waals surface area contributed by atoms with Crippen LogP contribution < -0.4 is 24.4 Å². The van der Waals surface area contributed by atoms with Gasteiger partial charge in [0.25, 0.3) is 5.56 Å². The van der Waals surface area contributed by atoms with Crippen molar-refractivity contribution in [2.24, 2.45) is 4.99 Å². The van der Waals surface area contributed by atoms with Gasteiger partial charge in [-0.1, -0.05) is 41.1 Å². The molecule has 0 spiro atoms. The van der Waals surface area contributed by atoms with Crippen molar-refractivity contribution in [3.05, 3.63) is 89.6 Å². The Balaban J connectivity index is 1.84. The maximum atomic E-state index is 13.8. The fourth-order valence-corrected chi connectivity index (χ4v) is 5.40. The first-order valence-electron chi connectivity index (χ1n) is 12.6. The molecule has 1 aliphatic rings. The number of benzene rings is 2. The first-order chi connectivity index (χ1) is 18.7. The third-order valence-electron chi connectivity index (χ3n) is 5.88. The molecule has 2 aromatic carbocycles. The van der Waals surface area contributed by atoms with Gasteiger partial charge in [0.15, 0.2) is 16.3 Å². The zero-order valence-corrected chi connectivity index (χ0v) is 24.1. The number of allylic oxidation sites excluding steroid dienone is 1. The molecular weight excluding hydrogens is 540 g/mol. The van der Waals surface area contributed by atoms with Crippen LogP contribution >= 0.6 is 22.9 Å². The third kappa shape index (κ3) is 6.43. The number of carbonyl (C=O) groups is 1. The highest BCUT2D eigenvalue weighted by Crippen LogP contribution is 2.32. The molecule has 3 aromatic rings. The van der Waals surface area contributed by atoms with Crippen molar-refractivity contribution < 1.29 is 23.7 Å². The Morgan fingerprint density at radius 2 is 1.90 bits per heavy atom. The van der Waals surface area contributed by atoms with Gasteiger partial charge in [-0.05, 0) is 69.2 Å². The zero-order valence-electron chi connectivity index (χ0n) is 22.5. The van der Waals surface area contributed by atoms with E-state index in [0.717, 1.165) is 5.56 Å². The molecule has 10 heteroatoms. The van der Waals surface area contributed by atoms with E-state index < -0.39 is 12.0 Å². The molecule has 39 heavy (non-hydrogen) atoms. The summed E-state index contributed by atoms with van der Waals surface area (Å²) < 4.78 is 24.1. The van der Waals surface area contributed by atoms with Crippen LogP contribution in [0.5, 0.6) is 11.5 Å². The molecule has 0 radical (unpaired) electrons. The van der Waals surface area contributed by atoms with Gasteiger partial charge in [0.1, 0.15) is 6.61 Å². The van der Waals surface area contributed by atoms with Crippen molar-refractivity contribution in [2.75, 3.05) is 26.9 Å². The fraction of sp³-hybridized carbons (Fsp3) is 0.345. The Labute approximate surface area is 235 Å². The third-order valence-corrected chi connectivity index (χ3v) is 7.11. The molecule has 8 nitrogen and oxygen atoms in total. The molecule has 0 fully saturated rings. The summed E-state index contributed by atoms with van der Waals surface area (Å²) in [5.41, 5.74) is 2.00. The normalized spacial score (nSPS) is 15.3. The van der Waals surface area contributed by atoms with Crippen LogP contribution in [0.1, 0.15) is 44.9 Å². The summed E-state index contributed by atoms with van der Waals surface area (Å²) in [6.45, 7) is 8.37. The van der Waals surface area contributed by atoms with Crippen LogP contribution in [-0.4, -0.2) is 43.6 Å². The van der Waals surface area contributed by atoms with Crippen molar-refractivity contribution in [3.63, 3.8) is 0 Å². The largest absolute Gasteiger partial charge is 0.490 e. The number of rotatable bonds is 10. The quantitative estimate of drug-likeness (QED) is 0.267. The van der Waals surface area contributed by atoms with E-state index in [1.165, 1.54) is 18.4 Å². The van der Waals surface area contributed by atoms with Crippen LogP contribution in [0.15, 0.2) is 63.5 Å². The van der Waals surface area contributed by atoms with Gasteiger partial charge in [0.2, 0.25) is 0 Å². The molecule has 1 aromatic heterocycles. The number of esters is 1. The molecule has 0 aliphatic carbocycles. The average molecular weight is 571 g/mol. The number of hydrogen-bond donors (Lipinski definition) is 0. The maximum Gasteiger partial charge on any atom is 0.338 e. The Hall–Kier alpha value is -3.40. The number of halogens is 1. The van der Waals surface area contributed by atoms with E-state index in [4.69, 9.17) is 30.5 Å². The van der Waals surface area contributed by atoms with Crippen molar-refractivity contribution in [2.45, 2.75) is 39.8 Å². The van der Waals surface area contributed by atoms with Gasteiger partial charge in [0.05, 0.1) is 41.2 Å². The van der Waals surface area contributed by atoms with Crippen LogP contribution in [-0.2, 0) is 14.3 Å². The summed E-state index contributed by atoms with van der Waals surface area (Å²) in [5.74, 6) is 0.689. The number of carbonyl (C=O) groups excluding carboxylic acids is 1. The second-order valence-corrected chi connectivity index (χ2v) is 10.5. The molecule has 0 saturated heterocycles. The first kappa shape index (κ1) is 28.6. The van der Waals surface area contributed by atoms with E-state index in [2.05, 4.69) is 4.99 Å². The van der Waals surface area contributed by atoms with Crippen LogP contribution in [0, 0.1) is 0 Å². The molecule has 0 N–H and O–H groups in total. The van der Waals surface area contributed by atoms with E-state index in [9.17, 15) is 9.59 Å². The Bertz CT molecular complexity index is 1560. The van der Waals surface area contributed by atoms with E-state index >= 15 is 0 Å². The van der Waals surface area contributed by atoms with Crippen LogP contribution in [0.25, 0.3) is 6.08 Å². The minimum Gasteiger partial charge on any atom is -0.490 e. The highest BCUT2D eigenvalue weighted by atomic mass is 35.5. The summed E-state index contributed by atoms with van der Waals surface area (Å²) >= 11 is 7.39. The summed E-state index contributed by atoms with van der Waals surface area (Å²) in [5, 5.41) is 0.547. The first-order valence-corrected chi connectivity index (χ1v) is 13.8. The minimum atomic E-state index is -0.725. The monoisotopic (exact) mass is 570 g/mol. The Morgan fingerprint density at radius 1 is 1.15 bits per heavy atom. The van der Waals surface area contributed by atoms with Crippen molar-refractivity contribution >= 4 is 35.0 Å². The van der Waals surface area contributed by atoms with Crippen molar-refractivity contribution in [1.82, 2.24) is 4.57 Å². The van der Waals surface area contributed by atoms with Crippen LogP contribution in [0.4, 0.5) is 0 Å². The lowest BCUT2D eigenvalue weighted by molar-refractivity contribution is -0.140. The SMILES string of the molecule is CCOc1cc(C=c2sc3n(c2=O)C(c2ccc(Cl)cc2)C(C(=O)OCCOC)=C(C)N=3)ccc1OC(C)C. The molecule has 0 saturated carbocycles. The predicted molar refractivity (Wildman–Crippen MR) is 151 cm³/mol. The maximum absolute atomic E-state index is 13.8. The summed E-state index contributed by atoms with van der Waals surface area (Å²) in [4.78, 5) is 32.1. The number of thiazole rings is 1. The smallest absolute Gasteiger partial charge is 0.338 e. The van der Waals surface area contributed by atoms with E-state index in [1.54, 1.807) is 41.8 Å². The lowest BCUT2D eigenvalue weighted by Crippen LogP contribution is -2.40. The van der Waals surface area contributed by atoms with E-state index in [-0.39, 0.29) is 24.9 Å². The van der Waals surface area contributed by atoms with E-state index in [0.29, 0.717) is 49.3 Å². The zero-order chi connectivity index (χ0) is 28.1. The Morgan fingerprint density at radius 3 is 2.56 bits per heavy atom. The highest BCUT2D eigenvalue weighted by molar-refractivity contribution is 7.07. The molecule has 206 valence electrons. The van der Waals surface area contributed by atoms with Gasteiger partial charge in [-0.3, -0.25) is 9.36 Å². The van der Waals surface area contributed by atoms with Crippen LogP contribution in [0.2, 0.25) is 5.02 Å². The molecule has 1 unspecified atom stereocenters. The van der Waals surface area contributed by atoms with Crippen molar-refractivity contribution in [1.29, 1.82) is 0 Å². The molecular formula is C29H31ClN2O6S. The molecule has 4 rings (SSSR count). The second-order valence-electron chi connectivity index (χ2n) is 9.07. The minimum absolute atomic E-state index is 0.00904. The van der Waals surface area contributed by atoms with Gasteiger partial charge in [-0.15, -0.1) is 0 Å². The van der Waals surface area contributed by atoms with Gasteiger partial charge in [0, 0.05) is 12.1 Å². The fourth-order valence-electron chi connectivity index (χ4n) is 4.22. The molecule has 0 bridgehead atoms. The van der Waals surface area contributed by atoms with Crippen LogP contribution in [0.3, 0.4) is 0 Å². The van der Waals surface area contributed by atoms with Crippen molar-refractivity contribution in [3.8, 4) is 11.5 Å². The summed E-state index contributed by atoms with van der Waals surface area (Å²) in [6.07, 6.45) is 1.78. The van der Waals surface area contributed by atoms with Gasteiger partial charge in [-0.25, -0.2) is 9.79 Å². The standard InChI is InChI=1S/C29H31ClN2O6S/c1-6-36-23-15-19(7-12-22(23)38-17(2)3)16-24-27(33)32-26(20-8-10-21(30)11-9-20)25(18(4)31-29(32)39-24)28(34)37-14-13-35-5/h7-12,15-17,26H,6,13-14H2,1-5H3. The van der Waals surface area contributed by atoms with Gasteiger partial charge in [-0.2, -0.15) is 0 Å². The number of fused-ring (bicyclic) bond motifs is 1. The number of nitrogens with zero attached hydrogens (tertiary/aromatic N) is 2. The number of ether oxygens (including phenoxy) is 4. The van der Waals surface area contributed by atoms with Gasteiger partial charge < -0.3 is 18.9 Å². The Kier molecular flexibility index (Phi) is 9.27.